The summed E-state index contributed by atoms with van der Waals surface area (Å²) in [4.78, 5) is 12.2. The number of furan rings is 1. The molecule has 2 rings (SSSR count). The van der Waals surface area contributed by atoms with Gasteiger partial charge in [0.2, 0.25) is 0 Å². The Hall–Kier alpha value is -1.57. The first kappa shape index (κ1) is 10.9. The molecule has 2 nitrogen and oxygen atoms in total. The highest BCUT2D eigenvalue weighted by Gasteiger charge is 2.20. The van der Waals surface area contributed by atoms with Crippen LogP contribution < -0.4 is 0 Å². The minimum absolute atomic E-state index is 0.112. The van der Waals surface area contributed by atoms with Gasteiger partial charge in [0.05, 0.1) is 5.56 Å². The first-order valence-electron chi connectivity index (χ1n) is 5.78. The summed E-state index contributed by atoms with van der Waals surface area (Å²) in [6, 6.07) is 7.67. The molecule has 84 valence electrons. The zero-order valence-corrected chi connectivity index (χ0v) is 9.69. The largest absolute Gasteiger partial charge is 0.464 e. The van der Waals surface area contributed by atoms with Crippen LogP contribution in [0, 0.1) is 5.92 Å². The highest BCUT2D eigenvalue weighted by atomic mass is 16.3. The van der Waals surface area contributed by atoms with Gasteiger partial charge in [0.15, 0.2) is 5.78 Å². The maximum Gasteiger partial charge on any atom is 0.169 e. The number of hydrogen-bond acceptors (Lipinski definition) is 2. The Balaban J connectivity index is 2.43. The number of carbonyl (C=O) groups excluding carboxylic acids is 1. The van der Waals surface area contributed by atoms with E-state index in [1.165, 1.54) is 0 Å². The van der Waals surface area contributed by atoms with Gasteiger partial charge in [-0.3, -0.25) is 4.79 Å². The molecule has 0 unspecified atom stereocenters. The number of para-hydroxylation sites is 1. The van der Waals surface area contributed by atoms with Crippen LogP contribution >= 0.6 is 0 Å². The van der Waals surface area contributed by atoms with Gasteiger partial charge in [-0.15, -0.1) is 0 Å². The molecule has 1 heterocycles. The van der Waals surface area contributed by atoms with E-state index in [0.717, 1.165) is 29.4 Å². The van der Waals surface area contributed by atoms with E-state index in [0.29, 0.717) is 0 Å². The molecule has 0 aliphatic carbocycles. The van der Waals surface area contributed by atoms with Gasteiger partial charge >= 0.3 is 0 Å². The lowest BCUT2D eigenvalue weighted by Crippen LogP contribution is -2.12. The molecule has 1 aromatic carbocycles. The third-order valence-corrected chi connectivity index (χ3v) is 3.10. The average molecular weight is 216 g/mol. The molecular formula is C14H16O2. The quantitative estimate of drug-likeness (QED) is 0.722. The molecule has 0 fully saturated rings. The third-order valence-electron chi connectivity index (χ3n) is 3.10. The summed E-state index contributed by atoms with van der Waals surface area (Å²) in [5.41, 5.74) is 1.51. The molecule has 0 atom stereocenters. The molecule has 2 heteroatoms. The van der Waals surface area contributed by atoms with Crippen molar-refractivity contribution in [3.63, 3.8) is 0 Å². The molecule has 16 heavy (non-hydrogen) atoms. The van der Waals surface area contributed by atoms with Crippen LogP contribution in [0.1, 0.15) is 37.0 Å². The Morgan fingerprint density at radius 3 is 2.62 bits per heavy atom. The monoisotopic (exact) mass is 216 g/mol. The Morgan fingerprint density at radius 1 is 1.25 bits per heavy atom. The zero-order chi connectivity index (χ0) is 11.5. The van der Waals surface area contributed by atoms with Crippen LogP contribution in [0.3, 0.4) is 0 Å². The first-order chi connectivity index (χ1) is 7.77. The molecule has 2 aromatic rings. The summed E-state index contributed by atoms with van der Waals surface area (Å²) in [7, 11) is 0. The van der Waals surface area contributed by atoms with Crippen molar-refractivity contribution >= 4 is 16.8 Å². The predicted octanol–water partition coefficient (Wildman–Crippen LogP) is 4.05. The average Bonchev–Trinajstić information content (AvgIpc) is 2.74. The summed E-state index contributed by atoms with van der Waals surface area (Å²) >= 11 is 0. The van der Waals surface area contributed by atoms with Crippen LogP contribution in [-0.2, 0) is 0 Å². The van der Waals surface area contributed by atoms with Crippen molar-refractivity contribution in [1.29, 1.82) is 0 Å². The van der Waals surface area contributed by atoms with Crippen molar-refractivity contribution in [2.75, 3.05) is 0 Å². The van der Waals surface area contributed by atoms with Crippen molar-refractivity contribution in [3.05, 3.63) is 36.1 Å². The van der Waals surface area contributed by atoms with Gasteiger partial charge in [-0.25, -0.2) is 0 Å². The van der Waals surface area contributed by atoms with E-state index in [2.05, 4.69) is 0 Å². The van der Waals surface area contributed by atoms with Gasteiger partial charge in [-0.05, 0) is 18.9 Å². The molecule has 0 radical (unpaired) electrons. The van der Waals surface area contributed by atoms with E-state index >= 15 is 0 Å². The van der Waals surface area contributed by atoms with E-state index in [9.17, 15) is 4.79 Å². The Labute approximate surface area is 95.3 Å². The first-order valence-corrected chi connectivity index (χ1v) is 5.78. The number of ketones is 1. The van der Waals surface area contributed by atoms with Gasteiger partial charge in [0.25, 0.3) is 0 Å². The van der Waals surface area contributed by atoms with Crippen LogP contribution in [0.2, 0.25) is 0 Å². The highest BCUT2D eigenvalue weighted by molar-refractivity contribution is 6.08. The lowest BCUT2D eigenvalue weighted by molar-refractivity contribution is 0.0914. The molecule has 0 N–H and O–H groups in total. The fourth-order valence-electron chi connectivity index (χ4n) is 2.05. The molecule has 0 amide bonds. The lowest BCUT2D eigenvalue weighted by atomic mass is 9.93. The van der Waals surface area contributed by atoms with Crippen LogP contribution in [0.25, 0.3) is 11.0 Å². The summed E-state index contributed by atoms with van der Waals surface area (Å²) in [5.74, 6) is 0.316. The van der Waals surface area contributed by atoms with E-state index < -0.39 is 0 Å². The second-order valence-electron chi connectivity index (χ2n) is 4.02. The van der Waals surface area contributed by atoms with Gasteiger partial charge in [-0.2, -0.15) is 0 Å². The minimum atomic E-state index is 0.112. The molecule has 0 spiro atoms. The van der Waals surface area contributed by atoms with E-state index in [1.807, 2.05) is 38.1 Å². The summed E-state index contributed by atoms with van der Waals surface area (Å²) in [6.45, 7) is 4.10. The highest BCUT2D eigenvalue weighted by Crippen LogP contribution is 2.25. The van der Waals surface area contributed by atoms with Gasteiger partial charge in [0.1, 0.15) is 11.8 Å². The summed E-state index contributed by atoms with van der Waals surface area (Å²) < 4.78 is 5.39. The molecular weight excluding hydrogens is 200 g/mol. The molecule has 0 bridgehead atoms. The zero-order valence-electron chi connectivity index (χ0n) is 9.69. The Morgan fingerprint density at radius 2 is 1.94 bits per heavy atom. The Kier molecular flexibility index (Phi) is 3.09. The van der Waals surface area contributed by atoms with Crippen molar-refractivity contribution in [2.24, 2.45) is 5.92 Å². The Bertz CT molecular complexity index is 492. The van der Waals surface area contributed by atoms with Crippen molar-refractivity contribution in [2.45, 2.75) is 26.7 Å². The van der Waals surface area contributed by atoms with Gasteiger partial charge in [-0.1, -0.05) is 32.0 Å². The summed E-state index contributed by atoms with van der Waals surface area (Å²) in [6.07, 6.45) is 3.36. The van der Waals surface area contributed by atoms with E-state index in [1.54, 1.807) is 6.26 Å². The fraction of sp³-hybridized carbons (Fsp3) is 0.357. The van der Waals surface area contributed by atoms with E-state index in [-0.39, 0.29) is 11.7 Å². The van der Waals surface area contributed by atoms with Crippen LogP contribution in [0.4, 0.5) is 0 Å². The second-order valence-corrected chi connectivity index (χ2v) is 4.02. The second kappa shape index (κ2) is 4.52. The van der Waals surface area contributed by atoms with Crippen LogP contribution in [-0.4, -0.2) is 5.78 Å². The van der Waals surface area contributed by atoms with Crippen LogP contribution in [0.15, 0.2) is 34.9 Å². The number of fused-ring (bicyclic) bond motifs is 1. The number of hydrogen-bond donors (Lipinski definition) is 0. The maximum absolute atomic E-state index is 12.2. The van der Waals surface area contributed by atoms with E-state index in [4.69, 9.17) is 4.42 Å². The van der Waals surface area contributed by atoms with Crippen LogP contribution in [0.5, 0.6) is 0 Å². The normalized spacial score (nSPS) is 11.2. The van der Waals surface area contributed by atoms with Crippen molar-refractivity contribution in [1.82, 2.24) is 0 Å². The number of rotatable bonds is 4. The minimum Gasteiger partial charge on any atom is -0.464 e. The van der Waals surface area contributed by atoms with Gasteiger partial charge in [0, 0.05) is 11.3 Å². The third kappa shape index (κ3) is 1.75. The number of carbonyl (C=O) groups is 1. The standard InChI is InChI=1S/C14H16O2/c1-3-10(4-2)14(15)12-9-16-13-8-6-5-7-11(12)13/h5-10H,3-4H2,1-2H3. The number of benzene rings is 1. The molecule has 0 saturated carbocycles. The molecule has 1 aromatic heterocycles. The molecule has 0 aliphatic rings. The molecule has 0 saturated heterocycles. The predicted molar refractivity (Wildman–Crippen MR) is 64.6 cm³/mol. The topological polar surface area (TPSA) is 30.2 Å². The lowest BCUT2D eigenvalue weighted by Gasteiger charge is -2.09. The number of Topliss-reactive ketones (excluding diaryl/α,β-unsaturated/α-hetero) is 1. The molecule has 0 aliphatic heterocycles. The van der Waals surface area contributed by atoms with Gasteiger partial charge < -0.3 is 4.42 Å². The SMILES string of the molecule is CCC(CC)C(=O)c1coc2ccccc12. The van der Waals surface area contributed by atoms with Crippen molar-refractivity contribution < 1.29 is 9.21 Å². The smallest absolute Gasteiger partial charge is 0.169 e. The fourth-order valence-corrected chi connectivity index (χ4v) is 2.05. The summed E-state index contributed by atoms with van der Waals surface area (Å²) in [5, 5.41) is 0.930. The van der Waals surface area contributed by atoms with Crippen molar-refractivity contribution in [3.8, 4) is 0 Å². The maximum atomic E-state index is 12.2.